The first-order chi connectivity index (χ1) is 9.17. The van der Waals surface area contributed by atoms with Gasteiger partial charge in [0.2, 0.25) is 0 Å². The predicted octanol–water partition coefficient (Wildman–Crippen LogP) is 2.98. The minimum atomic E-state index is -0.202. The molecule has 1 rings (SSSR count). The molecule has 108 valence electrons. The van der Waals surface area contributed by atoms with Crippen molar-refractivity contribution in [3.63, 3.8) is 0 Å². The van der Waals surface area contributed by atoms with Crippen LogP contribution in [-0.4, -0.2) is 44.3 Å². The van der Waals surface area contributed by atoms with E-state index in [0.29, 0.717) is 6.04 Å². The van der Waals surface area contributed by atoms with E-state index in [2.05, 4.69) is 24.1 Å². The normalized spacial score (nSPS) is 12.7. The summed E-state index contributed by atoms with van der Waals surface area (Å²) in [5, 5.41) is 3.31. The van der Waals surface area contributed by atoms with Crippen molar-refractivity contribution in [3.8, 4) is 0 Å². The standard InChI is InChI=1S/C15H25FN2O/c1-4-13(2)18(11-12-19-3)10-9-17-15-7-5-14(16)6-8-15/h5-8,13,17H,4,9-12H2,1-3H3. The van der Waals surface area contributed by atoms with Crippen LogP contribution in [0.15, 0.2) is 24.3 Å². The average molecular weight is 268 g/mol. The Morgan fingerprint density at radius 1 is 1.26 bits per heavy atom. The zero-order valence-electron chi connectivity index (χ0n) is 12.2. The molecule has 0 aliphatic rings. The van der Waals surface area contributed by atoms with Gasteiger partial charge in [-0.2, -0.15) is 0 Å². The van der Waals surface area contributed by atoms with Crippen LogP contribution in [0.25, 0.3) is 0 Å². The lowest BCUT2D eigenvalue weighted by Crippen LogP contribution is -2.38. The summed E-state index contributed by atoms with van der Waals surface area (Å²) < 4.78 is 17.9. The molecule has 0 spiro atoms. The molecule has 1 N–H and O–H groups in total. The Morgan fingerprint density at radius 2 is 1.95 bits per heavy atom. The van der Waals surface area contributed by atoms with Crippen LogP contribution >= 0.6 is 0 Å². The third-order valence-electron chi connectivity index (χ3n) is 3.37. The summed E-state index contributed by atoms with van der Waals surface area (Å²) in [6.07, 6.45) is 1.13. The van der Waals surface area contributed by atoms with Gasteiger partial charge in [-0.15, -0.1) is 0 Å². The van der Waals surface area contributed by atoms with Gasteiger partial charge in [0, 0.05) is 38.5 Å². The molecule has 0 saturated carbocycles. The van der Waals surface area contributed by atoms with E-state index in [1.807, 2.05) is 0 Å². The molecule has 0 heterocycles. The molecule has 0 amide bonds. The Labute approximate surface area is 115 Å². The van der Waals surface area contributed by atoms with Crippen LogP contribution in [-0.2, 0) is 4.74 Å². The molecule has 3 nitrogen and oxygen atoms in total. The van der Waals surface area contributed by atoms with E-state index in [4.69, 9.17) is 4.74 Å². The largest absolute Gasteiger partial charge is 0.384 e. The van der Waals surface area contributed by atoms with Gasteiger partial charge >= 0.3 is 0 Å². The highest BCUT2D eigenvalue weighted by Gasteiger charge is 2.10. The second kappa shape index (κ2) is 8.88. The van der Waals surface area contributed by atoms with Gasteiger partial charge in [-0.05, 0) is 37.6 Å². The molecule has 0 fully saturated rings. The van der Waals surface area contributed by atoms with E-state index < -0.39 is 0 Å². The Bertz CT molecular complexity index is 343. The van der Waals surface area contributed by atoms with Gasteiger partial charge in [-0.25, -0.2) is 4.39 Å². The fraction of sp³-hybridized carbons (Fsp3) is 0.600. The summed E-state index contributed by atoms with van der Waals surface area (Å²) in [4.78, 5) is 2.40. The van der Waals surface area contributed by atoms with Gasteiger partial charge in [-0.3, -0.25) is 4.90 Å². The molecule has 0 aliphatic carbocycles. The quantitative estimate of drug-likeness (QED) is 0.745. The van der Waals surface area contributed by atoms with Crippen LogP contribution in [0.1, 0.15) is 20.3 Å². The first-order valence-electron chi connectivity index (χ1n) is 6.89. The Morgan fingerprint density at radius 3 is 2.53 bits per heavy atom. The molecule has 0 aromatic heterocycles. The van der Waals surface area contributed by atoms with Gasteiger partial charge in [0.15, 0.2) is 0 Å². The van der Waals surface area contributed by atoms with Crippen molar-refractivity contribution in [3.05, 3.63) is 30.1 Å². The molecule has 0 aliphatic heterocycles. The summed E-state index contributed by atoms with van der Waals surface area (Å²) in [7, 11) is 1.73. The average Bonchev–Trinajstić information content (AvgIpc) is 2.43. The number of benzene rings is 1. The molecule has 1 aromatic carbocycles. The van der Waals surface area contributed by atoms with Crippen LogP contribution in [0.5, 0.6) is 0 Å². The van der Waals surface area contributed by atoms with Crippen molar-refractivity contribution in [1.29, 1.82) is 0 Å². The number of methoxy groups -OCH3 is 1. The van der Waals surface area contributed by atoms with E-state index in [-0.39, 0.29) is 5.82 Å². The molecular formula is C15H25FN2O. The lowest BCUT2D eigenvalue weighted by atomic mass is 10.2. The zero-order chi connectivity index (χ0) is 14.1. The summed E-state index contributed by atoms with van der Waals surface area (Å²) >= 11 is 0. The minimum absolute atomic E-state index is 0.202. The highest BCUT2D eigenvalue weighted by atomic mass is 19.1. The number of anilines is 1. The third-order valence-corrected chi connectivity index (χ3v) is 3.37. The van der Waals surface area contributed by atoms with Gasteiger partial charge < -0.3 is 10.1 Å². The van der Waals surface area contributed by atoms with Crippen molar-refractivity contribution >= 4 is 5.69 Å². The van der Waals surface area contributed by atoms with E-state index in [1.165, 1.54) is 12.1 Å². The number of nitrogens with one attached hydrogen (secondary N) is 1. The number of hydrogen-bond acceptors (Lipinski definition) is 3. The number of nitrogens with zero attached hydrogens (tertiary/aromatic N) is 1. The smallest absolute Gasteiger partial charge is 0.123 e. The molecule has 0 saturated heterocycles. The molecule has 1 unspecified atom stereocenters. The molecular weight excluding hydrogens is 243 g/mol. The van der Waals surface area contributed by atoms with Crippen molar-refractivity contribution in [2.75, 3.05) is 38.7 Å². The first kappa shape index (κ1) is 15.9. The van der Waals surface area contributed by atoms with Crippen LogP contribution < -0.4 is 5.32 Å². The second-order valence-electron chi connectivity index (χ2n) is 4.72. The van der Waals surface area contributed by atoms with E-state index >= 15 is 0 Å². The van der Waals surface area contributed by atoms with Crippen molar-refractivity contribution in [2.24, 2.45) is 0 Å². The summed E-state index contributed by atoms with van der Waals surface area (Å²) in [6.45, 7) is 7.92. The fourth-order valence-electron chi connectivity index (χ4n) is 1.93. The van der Waals surface area contributed by atoms with Crippen LogP contribution in [0.2, 0.25) is 0 Å². The highest BCUT2D eigenvalue weighted by molar-refractivity contribution is 5.42. The van der Waals surface area contributed by atoms with Crippen molar-refractivity contribution in [1.82, 2.24) is 4.90 Å². The summed E-state index contributed by atoms with van der Waals surface area (Å²) in [5.74, 6) is -0.202. The topological polar surface area (TPSA) is 24.5 Å². The van der Waals surface area contributed by atoms with Gasteiger partial charge in [0.05, 0.1) is 6.61 Å². The Kier molecular flexibility index (Phi) is 7.45. The zero-order valence-corrected chi connectivity index (χ0v) is 12.2. The molecule has 1 aromatic rings. The SMILES string of the molecule is CCC(C)N(CCNc1ccc(F)cc1)CCOC. The van der Waals surface area contributed by atoms with Gasteiger partial charge in [0.1, 0.15) is 5.82 Å². The predicted molar refractivity (Wildman–Crippen MR) is 78.1 cm³/mol. The maximum Gasteiger partial charge on any atom is 0.123 e. The maximum absolute atomic E-state index is 12.8. The fourth-order valence-corrected chi connectivity index (χ4v) is 1.93. The minimum Gasteiger partial charge on any atom is -0.384 e. The molecule has 19 heavy (non-hydrogen) atoms. The van der Waals surface area contributed by atoms with Crippen LogP contribution in [0, 0.1) is 5.82 Å². The number of halogens is 1. The third kappa shape index (κ3) is 6.03. The van der Waals surface area contributed by atoms with E-state index in [1.54, 1.807) is 19.2 Å². The molecule has 4 heteroatoms. The summed E-state index contributed by atoms with van der Waals surface area (Å²) in [6, 6.07) is 7.01. The Hall–Kier alpha value is -1.13. The van der Waals surface area contributed by atoms with Crippen molar-refractivity contribution < 1.29 is 9.13 Å². The lowest BCUT2D eigenvalue weighted by molar-refractivity contribution is 0.126. The molecule has 1 atom stereocenters. The lowest BCUT2D eigenvalue weighted by Gasteiger charge is -2.28. The number of rotatable bonds is 9. The summed E-state index contributed by atoms with van der Waals surface area (Å²) in [5.41, 5.74) is 0.956. The van der Waals surface area contributed by atoms with E-state index in [9.17, 15) is 4.39 Å². The number of ether oxygens (including phenoxy) is 1. The maximum atomic E-state index is 12.8. The molecule has 0 bridgehead atoms. The van der Waals surface area contributed by atoms with Crippen LogP contribution in [0.3, 0.4) is 0 Å². The van der Waals surface area contributed by atoms with E-state index in [0.717, 1.165) is 38.3 Å². The Balaban J connectivity index is 2.36. The number of hydrogen-bond donors (Lipinski definition) is 1. The first-order valence-corrected chi connectivity index (χ1v) is 6.89. The molecule has 0 radical (unpaired) electrons. The second-order valence-corrected chi connectivity index (χ2v) is 4.72. The van der Waals surface area contributed by atoms with Gasteiger partial charge in [0.25, 0.3) is 0 Å². The highest BCUT2D eigenvalue weighted by Crippen LogP contribution is 2.08. The van der Waals surface area contributed by atoms with Crippen molar-refractivity contribution in [2.45, 2.75) is 26.3 Å². The monoisotopic (exact) mass is 268 g/mol. The van der Waals surface area contributed by atoms with Crippen LogP contribution in [0.4, 0.5) is 10.1 Å². The van der Waals surface area contributed by atoms with Gasteiger partial charge in [-0.1, -0.05) is 6.92 Å².